The molecule has 0 spiro atoms. The van der Waals surface area contributed by atoms with Crippen LogP contribution in [-0.4, -0.2) is 0 Å². The number of alkyl halides is 3. The molecule has 0 bridgehead atoms. The zero-order valence-corrected chi connectivity index (χ0v) is 11.2. The van der Waals surface area contributed by atoms with Crippen LogP contribution in [0.25, 0.3) is 0 Å². The number of aryl methyl sites for hydroxylation is 1. The van der Waals surface area contributed by atoms with Crippen LogP contribution in [0.2, 0.25) is 0 Å². The molecule has 2 rings (SSSR count). The molecule has 0 radical (unpaired) electrons. The van der Waals surface area contributed by atoms with E-state index in [1.54, 1.807) is 19.1 Å². The van der Waals surface area contributed by atoms with E-state index < -0.39 is 23.6 Å². The second-order valence-electron chi connectivity index (χ2n) is 4.73. The van der Waals surface area contributed by atoms with Crippen molar-refractivity contribution in [3.8, 4) is 0 Å². The highest BCUT2D eigenvalue weighted by molar-refractivity contribution is 5.36. The van der Waals surface area contributed by atoms with Gasteiger partial charge in [-0.15, -0.1) is 0 Å². The Morgan fingerprint density at radius 3 is 2.29 bits per heavy atom. The SMILES string of the molecule is Cc1ccc(C(NN)c2cccc(C(F)(F)F)c2)cc1F. The van der Waals surface area contributed by atoms with Gasteiger partial charge in [0.2, 0.25) is 0 Å². The number of halogens is 4. The van der Waals surface area contributed by atoms with Gasteiger partial charge in [0, 0.05) is 0 Å². The lowest BCUT2D eigenvalue weighted by atomic mass is 9.96. The quantitative estimate of drug-likeness (QED) is 0.515. The van der Waals surface area contributed by atoms with Gasteiger partial charge in [-0.2, -0.15) is 13.2 Å². The summed E-state index contributed by atoms with van der Waals surface area (Å²) in [6, 6.07) is 8.52. The van der Waals surface area contributed by atoms with Gasteiger partial charge in [-0.1, -0.05) is 24.3 Å². The van der Waals surface area contributed by atoms with Crippen molar-refractivity contribution in [1.29, 1.82) is 0 Å². The molecule has 0 fully saturated rings. The van der Waals surface area contributed by atoms with E-state index in [-0.39, 0.29) is 0 Å². The number of benzene rings is 2. The third-order valence-corrected chi connectivity index (χ3v) is 3.24. The van der Waals surface area contributed by atoms with Crippen molar-refractivity contribution in [1.82, 2.24) is 5.43 Å². The standard InChI is InChI=1S/C15H14F4N2/c1-9-5-6-11(8-13(9)16)14(21-20)10-3-2-4-12(7-10)15(17,18)19/h2-8,14,21H,20H2,1H3. The van der Waals surface area contributed by atoms with Crippen LogP contribution in [0, 0.1) is 12.7 Å². The molecule has 6 heteroatoms. The smallest absolute Gasteiger partial charge is 0.271 e. The van der Waals surface area contributed by atoms with Gasteiger partial charge >= 0.3 is 6.18 Å². The molecule has 3 N–H and O–H groups in total. The third kappa shape index (κ3) is 3.40. The minimum atomic E-state index is -4.44. The van der Waals surface area contributed by atoms with Crippen LogP contribution in [-0.2, 0) is 6.18 Å². The number of rotatable bonds is 3. The summed E-state index contributed by atoms with van der Waals surface area (Å²) in [5.74, 6) is 5.00. The molecule has 0 aromatic heterocycles. The second kappa shape index (κ2) is 5.83. The monoisotopic (exact) mass is 298 g/mol. The Morgan fingerprint density at radius 2 is 1.71 bits per heavy atom. The first-order valence-electron chi connectivity index (χ1n) is 6.22. The Kier molecular flexibility index (Phi) is 4.29. The van der Waals surface area contributed by atoms with Crippen molar-refractivity contribution in [2.45, 2.75) is 19.1 Å². The number of hydrazine groups is 1. The summed E-state index contributed by atoms with van der Waals surface area (Å²) >= 11 is 0. The normalized spacial score (nSPS) is 13.2. The Hall–Kier alpha value is -1.92. The van der Waals surface area contributed by atoms with Gasteiger partial charge in [-0.05, 0) is 41.8 Å². The summed E-state index contributed by atoms with van der Waals surface area (Å²) < 4.78 is 51.8. The predicted octanol–water partition coefficient (Wildman–Crippen LogP) is 3.71. The van der Waals surface area contributed by atoms with Crippen molar-refractivity contribution >= 4 is 0 Å². The number of hydrogen-bond donors (Lipinski definition) is 2. The Labute approximate surface area is 119 Å². The first-order chi connectivity index (χ1) is 9.82. The Morgan fingerprint density at radius 1 is 1.05 bits per heavy atom. The highest BCUT2D eigenvalue weighted by Crippen LogP contribution is 2.32. The maximum absolute atomic E-state index is 13.6. The van der Waals surface area contributed by atoms with Gasteiger partial charge in [-0.3, -0.25) is 5.84 Å². The first kappa shape index (κ1) is 15.5. The van der Waals surface area contributed by atoms with Crippen LogP contribution in [0.5, 0.6) is 0 Å². The van der Waals surface area contributed by atoms with Crippen molar-refractivity contribution in [3.05, 3.63) is 70.5 Å². The molecule has 0 amide bonds. The zero-order chi connectivity index (χ0) is 15.6. The average Bonchev–Trinajstić information content (AvgIpc) is 2.43. The number of nitrogens with one attached hydrogen (secondary N) is 1. The molecule has 21 heavy (non-hydrogen) atoms. The zero-order valence-electron chi connectivity index (χ0n) is 11.2. The molecule has 2 aromatic rings. The third-order valence-electron chi connectivity index (χ3n) is 3.24. The van der Waals surface area contributed by atoms with Crippen LogP contribution in [0.4, 0.5) is 17.6 Å². The van der Waals surface area contributed by atoms with E-state index in [9.17, 15) is 17.6 Å². The van der Waals surface area contributed by atoms with Crippen LogP contribution >= 0.6 is 0 Å². The summed E-state index contributed by atoms with van der Waals surface area (Å²) in [7, 11) is 0. The van der Waals surface area contributed by atoms with Crippen LogP contribution < -0.4 is 11.3 Å². The molecule has 0 aliphatic rings. The molecular weight excluding hydrogens is 284 g/mol. The maximum atomic E-state index is 13.6. The summed E-state index contributed by atoms with van der Waals surface area (Å²) in [6.07, 6.45) is -4.44. The highest BCUT2D eigenvalue weighted by atomic mass is 19.4. The van der Waals surface area contributed by atoms with Crippen LogP contribution in [0.15, 0.2) is 42.5 Å². The van der Waals surface area contributed by atoms with E-state index in [1.165, 1.54) is 18.2 Å². The minimum Gasteiger partial charge on any atom is -0.271 e. The fourth-order valence-corrected chi connectivity index (χ4v) is 2.07. The largest absolute Gasteiger partial charge is 0.416 e. The first-order valence-corrected chi connectivity index (χ1v) is 6.22. The van der Waals surface area contributed by atoms with Crippen LogP contribution in [0.3, 0.4) is 0 Å². The van der Waals surface area contributed by atoms with Crippen LogP contribution in [0.1, 0.15) is 28.3 Å². The highest BCUT2D eigenvalue weighted by Gasteiger charge is 2.31. The number of hydrogen-bond acceptors (Lipinski definition) is 2. The topological polar surface area (TPSA) is 38.0 Å². The summed E-state index contributed by atoms with van der Waals surface area (Å²) in [4.78, 5) is 0. The molecule has 1 atom stereocenters. The molecule has 2 nitrogen and oxygen atoms in total. The maximum Gasteiger partial charge on any atom is 0.416 e. The van der Waals surface area contributed by atoms with Gasteiger partial charge in [0.1, 0.15) is 5.82 Å². The molecule has 112 valence electrons. The summed E-state index contributed by atoms with van der Waals surface area (Å²) in [5.41, 5.74) is 2.89. The van der Waals surface area contributed by atoms with Gasteiger partial charge < -0.3 is 0 Å². The lowest BCUT2D eigenvalue weighted by Gasteiger charge is -2.19. The van der Waals surface area contributed by atoms with E-state index in [1.807, 2.05) is 0 Å². The van der Waals surface area contributed by atoms with Gasteiger partial charge in [0.05, 0.1) is 11.6 Å². The molecule has 0 heterocycles. The van der Waals surface area contributed by atoms with E-state index >= 15 is 0 Å². The molecule has 1 unspecified atom stereocenters. The van der Waals surface area contributed by atoms with Crippen molar-refractivity contribution < 1.29 is 17.6 Å². The van der Waals surface area contributed by atoms with Crippen molar-refractivity contribution in [2.24, 2.45) is 5.84 Å². The molecular formula is C15H14F4N2. The van der Waals surface area contributed by atoms with Gasteiger partial charge in [0.25, 0.3) is 0 Å². The van der Waals surface area contributed by atoms with E-state index in [0.717, 1.165) is 12.1 Å². The van der Waals surface area contributed by atoms with E-state index in [2.05, 4.69) is 5.43 Å². The van der Waals surface area contributed by atoms with Crippen molar-refractivity contribution in [2.75, 3.05) is 0 Å². The lowest BCUT2D eigenvalue weighted by Crippen LogP contribution is -2.29. The number of nitrogens with two attached hydrogens (primary N) is 1. The average molecular weight is 298 g/mol. The predicted molar refractivity (Wildman–Crippen MR) is 71.7 cm³/mol. The van der Waals surface area contributed by atoms with E-state index in [0.29, 0.717) is 16.7 Å². The van der Waals surface area contributed by atoms with Crippen molar-refractivity contribution in [3.63, 3.8) is 0 Å². The molecule has 0 saturated heterocycles. The fraction of sp³-hybridized carbons (Fsp3) is 0.200. The van der Waals surface area contributed by atoms with E-state index in [4.69, 9.17) is 5.84 Å². The molecule has 0 saturated carbocycles. The Bertz CT molecular complexity index is 638. The second-order valence-corrected chi connectivity index (χ2v) is 4.73. The van der Waals surface area contributed by atoms with Gasteiger partial charge in [-0.25, -0.2) is 9.82 Å². The fourth-order valence-electron chi connectivity index (χ4n) is 2.07. The molecule has 2 aromatic carbocycles. The minimum absolute atomic E-state index is 0.315. The molecule has 0 aliphatic heterocycles. The summed E-state index contributed by atoms with van der Waals surface area (Å²) in [6.45, 7) is 1.61. The van der Waals surface area contributed by atoms with Gasteiger partial charge in [0.15, 0.2) is 0 Å². The summed E-state index contributed by atoms with van der Waals surface area (Å²) in [5, 5.41) is 0. The Balaban J connectivity index is 2.44. The lowest BCUT2D eigenvalue weighted by molar-refractivity contribution is -0.137. The molecule has 0 aliphatic carbocycles.